The molecular formula is C22H24FN3O2. The second-order valence-corrected chi connectivity index (χ2v) is 7.27. The molecule has 0 aliphatic carbocycles. The zero-order chi connectivity index (χ0) is 19.5. The monoisotopic (exact) mass is 381 g/mol. The van der Waals surface area contributed by atoms with Gasteiger partial charge in [0.15, 0.2) is 0 Å². The van der Waals surface area contributed by atoms with Crippen LogP contribution < -0.4 is 10.6 Å². The first-order valence-corrected chi connectivity index (χ1v) is 9.65. The van der Waals surface area contributed by atoms with Gasteiger partial charge >= 0.3 is 0 Å². The van der Waals surface area contributed by atoms with E-state index in [4.69, 9.17) is 0 Å². The summed E-state index contributed by atoms with van der Waals surface area (Å²) in [6.45, 7) is 1.29. The molecular weight excluding hydrogens is 357 g/mol. The number of hydrogen-bond donors (Lipinski definition) is 4. The average molecular weight is 381 g/mol. The molecule has 1 amide bonds. The Balaban J connectivity index is 1.54. The summed E-state index contributed by atoms with van der Waals surface area (Å²) in [6, 6.07) is 14.1. The molecule has 1 aliphatic heterocycles. The summed E-state index contributed by atoms with van der Waals surface area (Å²) >= 11 is 0. The van der Waals surface area contributed by atoms with Gasteiger partial charge in [-0.1, -0.05) is 18.2 Å². The summed E-state index contributed by atoms with van der Waals surface area (Å²) in [5.74, 6) is -0.345. The number of amides is 1. The van der Waals surface area contributed by atoms with Gasteiger partial charge in [0.1, 0.15) is 5.82 Å². The van der Waals surface area contributed by atoms with Crippen LogP contribution in [-0.4, -0.2) is 41.2 Å². The van der Waals surface area contributed by atoms with Crippen LogP contribution in [0.4, 0.5) is 4.39 Å². The van der Waals surface area contributed by atoms with Crippen LogP contribution in [0.2, 0.25) is 0 Å². The largest absolute Gasteiger partial charge is 0.390 e. The molecule has 146 valence electrons. The molecule has 2 aromatic carbocycles. The number of hydrogen-bond acceptors (Lipinski definition) is 3. The maximum absolute atomic E-state index is 13.3. The second kappa shape index (κ2) is 8.12. The number of H-pyrrole nitrogens is 1. The third-order valence-corrected chi connectivity index (χ3v) is 5.35. The van der Waals surface area contributed by atoms with Crippen molar-refractivity contribution in [3.05, 3.63) is 59.9 Å². The number of aliphatic hydroxyl groups excluding tert-OH is 1. The molecule has 6 heteroatoms. The Labute approximate surface area is 163 Å². The van der Waals surface area contributed by atoms with Crippen molar-refractivity contribution >= 4 is 16.8 Å². The average Bonchev–Trinajstić information content (AvgIpc) is 3.07. The van der Waals surface area contributed by atoms with Crippen molar-refractivity contribution in [3.8, 4) is 11.3 Å². The fourth-order valence-corrected chi connectivity index (χ4v) is 3.85. The van der Waals surface area contributed by atoms with E-state index in [0.29, 0.717) is 19.4 Å². The van der Waals surface area contributed by atoms with E-state index in [1.807, 2.05) is 24.3 Å². The van der Waals surface area contributed by atoms with E-state index in [0.717, 1.165) is 40.7 Å². The third-order valence-electron chi connectivity index (χ3n) is 5.35. The predicted octanol–water partition coefficient (Wildman–Crippen LogP) is 2.75. The van der Waals surface area contributed by atoms with Crippen molar-refractivity contribution in [2.45, 2.75) is 31.4 Å². The third kappa shape index (κ3) is 3.93. The maximum atomic E-state index is 13.3. The molecule has 4 rings (SSSR count). The van der Waals surface area contributed by atoms with Crippen LogP contribution in [-0.2, 0) is 11.2 Å². The van der Waals surface area contributed by atoms with Crippen molar-refractivity contribution in [2.75, 3.05) is 13.1 Å². The highest BCUT2D eigenvalue weighted by Crippen LogP contribution is 2.31. The molecule has 0 unspecified atom stereocenters. The first-order chi connectivity index (χ1) is 13.6. The van der Waals surface area contributed by atoms with Crippen molar-refractivity contribution in [1.29, 1.82) is 0 Å². The molecule has 1 aromatic heterocycles. The number of aryl methyl sites for hydroxylation is 1. The number of benzene rings is 2. The number of para-hydroxylation sites is 1. The highest BCUT2D eigenvalue weighted by atomic mass is 19.1. The van der Waals surface area contributed by atoms with Crippen LogP contribution >= 0.6 is 0 Å². The molecule has 0 spiro atoms. The number of aromatic amines is 1. The van der Waals surface area contributed by atoms with E-state index < -0.39 is 6.10 Å². The summed E-state index contributed by atoms with van der Waals surface area (Å²) in [5, 5.41) is 17.1. The number of rotatable bonds is 5. The van der Waals surface area contributed by atoms with E-state index in [9.17, 15) is 14.3 Å². The summed E-state index contributed by atoms with van der Waals surface area (Å²) in [5.41, 5.74) is 3.84. The van der Waals surface area contributed by atoms with E-state index in [2.05, 4.69) is 15.6 Å². The number of fused-ring (bicyclic) bond motifs is 1. The van der Waals surface area contributed by atoms with Crippen molar-refractivity contribution < 1.29 is 14.3 Å². The molecule has 3 aromatic rings. The topological polar surface area (TPSA) is 77.2 Å². The number of halogens is 1. The van der Waals surface area contributed by atoms with Gasteiger partial charge in [-0.15, -0.1) is 0 Å². The smallest absolute Gasteiger partial charge is 0.220 e. The standard InChI is InChI=1S/C22H24FN3O2/c23-15-7-5-14(6-8-15)22-17(16-3-1-2-4-18(16)26-22)9-10-21(28)25-19-11-12-24-13-20(19)27/h1-8,19-20,24,26-27H,9-13H2,(H,25,28)/t19-,20-/m1/s1. The summed E-state index contributed by atoms with van der Waals surface area (Å²) in [7, 11) is 0. The van der Waals surface area contributed by atoms with Gasteiger partial charge < -0.3 is 20.7 Å². The van der Waals surface area contributed by atoms with E-state index in [-0.39, 0.29) is 17.8 Å². The Morgan fingerprint density at radius 1 is 1.18 bits per heavy atom. The zero-order valence-corrected chi connectivity index (χ0v) is 15.5. The fraction of sp³-hybridized carbons (Fsp3) is 0.318. The summed E-state index contributed by atoms with van der Waals surface area (Å²) in [4.78, 5) is 15.9. The highest BCUT2D eigenvalue weighted by molar-refractivity contribution is 5.91. The van der Waals surface area contributed by atoms with Crippen molar-refractivity contribution in [2.24, 2.45) is 0 Å². The predicted molar refractivity (Wildman–Crippen MR) is 107 cm³/mol. The van der Waals surface area contributed by atoms with E-state index >= 15 is 0 Å². The van der Waals surface area contributed by atoms with Crippen molar-refractivity contribution in [3.63, 3.8) is 0 Å². The molecule has 28 heavy (non-hydrogen) atoms. The normalized spacial score (nSPS) is 19.6. The van der Waals surface area contributed by atoms with Gasteiger partial charge in [-0.2, -0.15) is 0 Å². The lowest BCUT2D eigenvalue weighted by Gasteiger charge is -2.29. The number of carbonyl (C=O) groups excluding carboxylic acids is 1. The fourth-order valence-electron chi connectivity index (χ4n) is 3.85. The number of piperidine rings is 1. The molecule has 1 saturated heterocycles. The van der Waals surface area contributed by atoms with Crippen LogP contribution in [0.25, 0.3) is 22.2 Å². The van der Waals surface area contributed by atoms with E-state index in [1.165, 1.54) is 12.1 Å². The minimum absolute atomic E-state index is 0.0683. The number of carbonyl (C=O) groups is 1. The molecule has 0 radical (unpaired) electrons. The lowest BCUT2D eigenvalue weighted by molar-refractivity contribution is -0.122. The second-order valence-electron chi connectivity index (χ2n) is 7.27. The Morgan fingerprint density at radius 2 is 1.96 bits per heavy atom. The lowest BCUT2D eigenvalue weighted by atomic mass is 10.00. The molecule has 4 N–H and O–H groups in total. The molecule has 5 nitrogen and oxygen atoms in total. The number of aliphatic hydroxyl groups is 1. The van der Waals surface area contributed by atoms with E-state index in [1.54, 1.807) is 12.1 Å². The van der Waals surface area contributed by atoms with Gasteiger partial charge in [0.05, 0.1) is 12.1 Å². The van der Waals surface area contributed by atoms with Crippen LogP contribution in [0.1, 0.15) is 18.4 Å². The number of β-amino-alcohol motifs (C(OH)–C–C–N with tert-alkyl or cyclic N) is 1. The maximum Gasteiger partial charge on any atom is 0.220 e. The SMILES string of the molecule is O=C(CCc1c(-c2ccc(F)cc2)[nH]c2ccccc12)N[C@@H]1CCNC[C@H]1O. The highest BCUT2D eigenvalue weighted by Gasteiger charge is 2.24. The number of nitrogens with one attached hydrogen (secondary N) is 3. The summed E-state index contributed by atoms with van der Waals surface area (Å²) < 4.78 is 13.3. The first kappa shape index (κ1) is 18.7. The zero-order valence-electron chi connectivity index (χ0n) is 15.5. The molecule has 2 atom stereocenters. The number of aromatic nitrogens is 1. The van der Waals surface area contributed by atoms with Gasteiger partial charge in [0, 0.05) is 29.6 Å². The van der Waals surface area contributed by atoms with Crippen molar-refractivity contribution in [1.82, 2.24) is 15.6 Å². The van der Waals surface area contributed by atoms with Gasteiger partial charge in [0.25, 0.3) is 0 Å². The molecule has 0 saturated carbocycles. The first-order valence-electron chi connectivity index (χ1n) is 9.65. The Hall–Kier alpha value is -2.70. The van der Waals surface area contributed by atoms with Crippen LogP contribution in [0, 0.1) is 5.82 Å². The lowest BCUT2D eigenvalue weighted by Crippen LogP contribution is -2.52. The summed E-state index contributed by atoms with van der Waals surface area (Å²) in [6.07, 6.45) is 1.05. The molecule has 1 fully saturated rings. The molecule has 2 heterocycles. The van der Waals surface area contributed by atoms with Gasteiger partial charge in [0.2, 0.25) is 5.91 Å². The quantitative estimate of drug-likeness (QED) is 0.549. The van der Waals surface area contributed by atoms with Crippen LogP contribution in [0.3, 0.4) is 0 Å². The molecule has 0 bridgehead atoms. The van der Waals surface area contributed by atoms with Crippen LogP contribution in [0.15, 0.2) is 48.5 Å². The Morgan fingerprint density at radius 3 is 2.75 bits per heavy atom. The van der Waals surface area contributed by atoms with Crippen LogP contribution in [0.5, 0.6) is 0 Å². The van der Waals surface area contributed by atoms with Gasteiger partial charge in [-0.25, -0.2) is 4.39 Å². The minimum Gasteiger partial charge on any atom is -0.390 e. The minimum atomic E-state index is -0.555. The van der Waals surface area contributed by atoms with Gasteiger partial charge in [-0.3, -0.25) is 4.79 Å². The van der Waals surface area contributed by atoms with Gasteiger partial charge in [-0.05, 0) is 60.8 Å². The Bertz CT molecular complexity index is 968. The molecule has 1 aliphatic rings. The Kier molecular flexibility index (Phi) is 5.41.